The van der Waals surface area contributed by atoms with E-state index in [9.17, 15) is 9.59 Å². The van der Waals surface area contributed by atoms with Crippen molar-refractivity contribution in [3.63, 3.8) is 0 Å². The van der Waals surface area contributed by atoms with Gasteiger partial charge in [0.25, 0.3) is 0 Å². The summed E-state index contributed by atoms with van der Waals surface area (Å²) in [7, 11) is 0. The predicted molar refractivity (Wildman–Crippen MR) is 62.4 cm³/mol. The Bertz CT molecular complexity index is 290. The van der Waals surface area contributed by atoms with Gasteiger partial charge >= 0.3 is 5.97 Å². The number of carboxylic acid groups (broad SMARTS) is 1. The first-order chi connectivity index (χ1) is 7.97. The van der Waals surface area contributed by atoms with E-state index in [2.05, 4.69) is 0 Å². The molecule has 2 atom stereocenters. The van der Waals surface area contributed by atoms with E-state index in [0.29, 0.717) is 25.8 Å². The van der Waals surface area contributed by atoms with E-state index in [0.717, 1.165) is 0 Å². The Kier molecular flexibility index (Phi) is 4.93. The molecule has 1 aliphatic carbocycles. The average Bonchev–Trinajstić information content (AvgIpc) is 2.73. The van der Waals surface area contributed by atoms with Gasteiger partial charge in [-0.2, -0.15) is 0 Å². The zero-order chi connectivity index (χ0) is 13.0. The molecule has 0 aromatic heterocycles. The molecule has 1 aliphatic rings. The van der Waals surface area contributed by atoms with Crippen LogP contribution in [0.25, 0.3) is 0 Å². The maximum atomic E-state index is 12.2. The number of hydrogen-bond donors (Lipinski definition) is 2. The van der Waals surface area contributed by atoms with Crippen LogP contribution >= 0.6 is 0 Å². The predicted octanol–water partition coefficient (Wildman–Crippen LogP) is 0.717. The molecule has 1 amide bonds. The highest BCUT2D eigenvalue weighted by Crippen LogP contribution is 2.32. The second-order valence-electron chi connectivity index (χ2n) is 4.89. The fraction of sp³-hybridized carbons (Fsp3) is 0.833. The second-order valence-corrected chi connectivity index (χ2v) is 4.89. The van der Waals surface area contributed by atoms with Gasteiger partial charge in [0.2, 0.25) is 5.91 Å². The zero-order valence-electron chi connectivity index (χ0n) is 10.4. The monoisotopic (exact) mass is 243 g/mol. The summed E-state index contributed by atoms with van der Waals surface area (Å²) in [6.45, 7) is 4.07. The largest absolute Gasteiger partial charge is 0.481 e. The zero-order valence-corrected chi connectivity index (χ0v) is 10.4. The number of nitrogens with zero attached hydrogens (tertiary/aromatic N) is 1. The highest BCUT2D eigenvalue weighted by molar-refractivity contribution is 5.81. The van der Waals surface area contributed by atoms with Gasteiger partial charge in [-0.3, -0.25) is 9.59 Å². The molecular formula is C12H21NO4. The molecule has 1 saturated carbocycles. The first kappa shape index (κ1) is 14.0. The van der Waals surface area contributed by atoms with Crippen LogP contribution < -0.4 is 0 Å². The van der Waals surface area contributed by atoms with E-state index in [4.69, 9.17) is 10.2 Å². The van der Waals surface area contributed by atoms with E-state index >= 15 is 0 Å². The molecule has 2 N–H and O–H groups in total. The van der Waals surface area contributed by atoms with Crippen LogP contribution in [0.5, 0.6) is 0 Å². The first-order valence-corrected chi connectivity index (χ1v) is 6.11. The van der Waals surface area contributed by atoms with Gasteiger partial charge in [0, 0.05) is 18.5 Å². The van der Waals surface area contributed by atoms with Gasteiger partial charge < -0.3 is 15.1 Å². The number of carbonyl (C=O) groups excluding carboxylic acids is 1. The van der Waals surface area contributed by atoms with Crippen molar-refractivity contribution in [2.24, 2.45) is 11.8 Å². The minimum Gasteiger partial charge on any atom is -0.481 e. The Hall–Kier alpha value is -1.10. The van der Waals surface area contributed by atoms with E-state index in [-0.39, 0.29) is 30.4 Å². The first-order valence-electron chi connectivity index (χ1n) is 6.11. The van der Waals surface area contributed by atoms with E-state index < -0.39 is 5.97 Å². The lowest BCUT2D eigenvalue weighted by molar-refractivity contribution is -0.142. The maximum absolute atomic E-state index is 12.2. The molecule has 0 spiro atoms. The Morgan fingerprint density at radius 1 is 1.29 bits per heavy atom. The second kappa shape index (κ2) is 6.00. The maximum Gasteiger partial charge on any atom is 0.306 e. The number of hydrogen-bond acceptors (Lipinski definition) is 3. The Morgan fingerprint density at radius 2 is 1.88 bits per heavy atom. The number of carboxylic acids is 1. The van der Waals surface area contributed by atoms with Crippen molar-refractivity contribution in [3.05, 3.63) is 0 Å². The van der Waals surface area contributed by atoms with Gasteiger partial charge in [-0.15, -0.1) is 0 Å². The Labute approximate surface area is 101 Å². The summed E-state index contributed by atoms with van der Waals surface area (Å²) in [4.78, 5) is 24.6. The summed E-state index contributed by atoms with van der Waals surface area (Å²) in [6.07, 6.45) is 1.66. The molecule has 98 valence electrons. The summed E-state index contributed by atoms with van der Waals surface area (Å²) >= 11 is 0. The molecular weight excluding hydrogens is 222 g/mol. The van der Waals surface area contributed by atoms with Gasteiger partial charge in [0.05, 0.1) is 12.5 Å². The Balaban J connectivity index is 2.60. The van der Waals surface area contributed by atoms with Gasteiger partial charge in [-0.25, -0.2) is 0 Å². The smallest absolute Gasteiger partial charge is 0.306 e. The Morgan fingerprint density at radius 3 is 2.29 bits per heavy atom. The van der Waals surface area contributed by atoms with E-state index in [1.807, 2.05) is 13.8 Å². The molecule has 1 fully saturated rings. The van der Waals surface area contributed by atoms with Crippen LogP contribution in [0.1, 0.15) is 33.1 Å². The standard InChI is InChI=1S/C12H21NO4/c1-8(2)13(5-6-14)11(15)9-3-4-10(7-9)12(16)17/h8-10,14H,3-7H2,1-2H3,(H,16,17). The van der Waals surface area contributed by atoms with Crippen LogP contribution in [-0.2, 0) is 9.59 Å². The van der Waals surface area contributed by atoms with Crippen LogP contribution in [-0.4, -0.2) is 46.2 Å². The molecule has 0 saturated heterocycles. The number of aliphatic carboxylic acids is 1. The average molecular weight is 243 g/mol. The molecule has 5 nitrogen and oxygen atoms in total. The number of amides is 1. The van der Waals surface area contributed by atoms with Gasteiger partial charge in [-0.1, -0.05) is 0 Å². The van der Waals surface area contributed by atoms with Crippen molar-refractivity contribution >= 4 is 11.9 Å². The molecule has 0 radical (unpaired) electrons. The van der Waals surface area contributed by atoms with Crippen molar-refractivity contribution in [1.29, 1.82) is 0 Å². The minimum absolute atomic E-state index is 0.0159. The van der Waals surface area contributed by atoms with Crippen molar-refractivity contribution in [1.82, 2.24) is 4.90 Å². The highest BCUT2D eigenvalue weighted by atomic mass is 16.4. The highest BCUT2D eigenvalue weighted by Gasteiger charge is 2.36. The third-order valence-corrected chi connectivity index (χ3v) is 3.38. The van der Waals surface area contributed by atoms with E-state index in [1.54, 1.807) is 4.90 Å². The molecule has 0 aliphatic heterocycles. The fourth-order valence-electron chi connectivity index (χ4n) is 2.40. The summed E-state index contributed by atoms with van der Waals surface area (Å²) in [5.74, 6) is -1.39. The molecule has 0 aromatic rings. The van der Waals surface area contributed by atoms with E-state index in [1.165, 1.54) is 0 Å². The van der Waals surface area contributed by atoms with Crippen molar-refractivity contribution < 1.29 is 19.8 Å². The SMILES string of the molecule is CC(C)N(CCO)C(=O)C1CCC(C(=O)O)C1. The number of carbonyl (C=O) groups is 2. The van der Waals surface area contributed by atoms with Gasteiger partial charge in [0.1, 0.15) is 0 Å². The lowest BCUT2D eigenvalue weighted by Crippen LogP contribution is -2.42. The molecule has 2 unspecified atom stereocenters. The van der Waals surface area contributed by atoms with Gasteiger partial charge in [0.15, 0.2) is 0 Å². The summed E-state index contributed by atoms with van der Waals surface area (Å²) in [6, 6.07) is 0.0403. The topological polar surface area (TPSA) is 77.8 Å². The van der Waals surface area contributed by atoms with Crippen molar-refractivity contribution in [2.75, 3.05) is 13.2 Å². The van der Waals surface area contributed by atoms with Crippen LogP contribution in [0.4, 0.5) is 0 Å². The summed E-state index contributed by atoms with van der Waals surface area (Å²) < 4.78 is 0. The van der Waals surface area contributed by atoms with Crippen LogP contribution in [0.2, 0.25) is 0 Å². The van der Waals surface area contributed by atoms with Gasteiger partial charge in [-0.05, 0) is 33.1 Å². The lowest BCUT2D eigenvalue weighted by atomic mass is 10.0. The molecule has 0 bridgehead atoms. The molecule has 0 aromatic carbocycles. The van der Waals surface area contributed by atoms with Crippen molar-refractivity contribution in [3.8, 4) is 0 Å². The van der Waals surface area contributed by atoms with Crippen LogP contribution in [0, 0.1) is 11.8 Å². The summed E-state index contributed by atoms with van der Waals surface area (Å²) in [5.41, 5.74) is 0. The number of rotatable bonds is 5. The molecule has 17 heavy (non-hydrogen) atoms. The van der Waals surface area contributed by atoms with Crippen LogP contribution in [0.3, 0.4) is 0 Å². The van der Waals surface area contributed by atoms with Crippen LogP contribution in [0.15, 0.2) is 0 Å². The third kappa shape index (κ3) is 3.43. The normalized spacial score (nSPS) is 24.0. The summed E-state index contributed by atoms with van der Waals surface area (Å²) in [5, 5.41) is 17.8. The number of aliphatic hydroxyl groups is 1. The quantitative estimate of drug-likeness (QED) is 0.745. The number of aliphatic hydroxyl groups excluding tert-OH is 1. The molecule has 5 heteroatoms. The lowest BCUT2D eigenvalue weighted by Gasteiger charge is -2.28. The third-order valence-electron chi connectivity index (χ3n) is 3.38. The van der Waals surface area contributed by atoms with Crippen molar-refractivity contribution in [2.45, 2.75) is 39.2 Å². The minimum atomic E-state index is -0.807. The fourth-order valence-corrected chi connectivity index (χ4v) is 2.40. The molecule has 1 rings (SSSR count). The molecule has 0 heterocycles.